The summed E-state index contributed by atoms with van der Waals surface area (Å²) in [5, 5.41) is 3.68. The average molecular weight is 284 g/mol. The fourth-order valence-corrected chi connectivity index (χ4v) is 2.45. The van der Waals surface area contributed by atoms with Crippen LogP contribution in [0.4, 0.5) is 5.82 Å². The van der Waals surface area contributed by atoms with Gasteiger partial charge in [-0.2, -0.15) is 0 Å². The monoisotopic (exact) mass is 283 g/mol. The summed E-state index contributed by atoms with van der Waals surface area (Å²) in [4.78, 5) is 15.2. The zero-order valence-corrected chi connectivity index (χ0v) is 11.6. The molecule has 0 spiro atoms. The van der Waals surface area contributed by atoms with Gasteiger partial charge in [-0.25, -0.2) is 4.98 Å². The molecule has 3 N–H and O–H groups in total. The van der Waals surface area contributed by atoms with Gasteiger partial charge in [-0.1, -0.05) is 18.5 Å². The third-order valence-corrected chi connectivity index (χ3v) is 3.59. The Balaban J connectivity index is 2.10. The first-order valence-electron chi connectivity index (χ1n) is 6.45. The Hall–Kier alpha value is -1.33. The van der Waals surface area contributed by atoms with Gasteiger partial charge in [-0.15, -0.1) is 0 Å². The maximum absolute atomic E-state index is 11.0. The Morgan fingerprint density at radius 3 is 3.05 bits per heavy atom. The predicted octanol–water partition coefficient (Wildman–Crippen LogP) is 2.20. The number of ether oxygens (including phenoxy) is 1. The summed E-state index contributed by atoms with van der Waals surface area (Å²) < 4.78 is 5.67. The summed E-state index contributed by atoms with van der Waals surface area (Å²) in [7, 11) is 0. The number of aromatic nitrogens is 1. The van der Waals surface area contributed by atoms with Crippen LogP contribution in [-0.2, 0) is 4.74 Å². The summed E-state index contributed by atoms with van der Waals surface area (Å²) in [5.41, 5.74) is 5.49. The number of carbonyl (C=O) groups excluding carboxylic acids is 1. The van der Waals surface area contributed by atoms with Crippen LogP contribution in [0.5, 0.6) is 0 Å². The van der Waals surface area contributed by atoms with Gasteiger partial charge in [0.2, 0.25) is 5.91 Å². The molecule has 0 bridgehead atoms. The number of carbonyl (C=O) groups is 1. The van der Waals surface area contributed by atoms with Gasteiger partial charge >= 0.3 is 0 Å². The molecule has 0 aliphatic carbocycles. The van der Waals surface area contributed by atoms with Crippen molar-refractivity contribution in [1.29, 1.82) is 0 Å². The number of nitrogens with two attached hydrogens (primary N) is 1. The molecule has 2 rings (SSSR count). The van der Waals surface area contributed by atoms with Crippen molar-refractivity contribution in [3.8, 4) is 0 Å². The van der Waals surface area contributed by atoms with Crippen molar-refractivity contribution >= 4 is 23.3 Å². The molecule has 0 saturated carbocycles. The van der Waals surface area contributed by atoms with Gasteiger partial charge in [-0.3, -0.25) is 4.79 Å². The first kappa shape index (κ1) is 14.1. The highest BCUT2D eigenvalue weighted by molar-refractivity contribution is 6.33. The van der Waals surface area contributed by atoms with Crippen LogP contribution in [0.2, 0.25) is 5.02 Å². The van der Waals surface area contributed by atoms with Crippen molar-refractivity contribution in [3.05, 3.63) is 22.8 Å². The zero-order valence-electron chi connectivity index (χ0n) is 10.9. The number of halogens is 1. The van der Waals surface area contributed by atoms with E-state index in [2.05, 4.69) is 17.2 Å². The van der Waals surface area contributed by atoms with Gasteiger partial charge in [0.15, 0.2) is 0 Å². The van der Waals surface area contributed by atoms with Gasteiger partial charge < -0.3 is 15.8 Å². The van der Waals surface area contributed by atoms with Crippen molar-refractivity contribution in [2.75, 3.05) is 11.9 Å². The number of nitrogens with zero attached hydrogens (tertiary/aromatic N) is 1. The minimum atomic E-state index is -0.535. The zero-order chi connectivity index (χ0) is 13.8. The number of rotatable bonds is 5. The lowest BCUT2D eigenvalue weighted by Crippen LogP contribution is -2.33. The van der Waals surface area contributed by atoms with Crippen molar-refractivity contribution in [2.24, 2.45) is 5.73 Å². The smallest absolute Gasteiger partial charge is 0.250 e. The van der Waals surface area contributed by atoms with E-state index in [4.69, 9.17) is 22.1 Å². The van der Waals surface area contributed by atoms with Crippen LogP contribution in [0, 0.1) is 0 Å². The normalized spacial score (nSPS) is 20.2. The quantitative estimate of drug-likeness (QED) is 0.868. The largest absolute Gasteiger partial charge is 0.376 e. The molecule has 0 radical (unpaired) electrons. The lowest BCUT2D eigenvalue weighted by atomic mass is 10.1. The summed E-state index contributed by atoms with van der Waals surface area (Å²) >= 11 is 6.11. The van der Waals surface area contributed by atoms with E-state index in [1.165, 1.54) is 12.3 Å². The van der Waals surface area contributed by atoms with Crippen molar-refractivity contribution < 1.29 is 9.53 Å². The Bertz CT molecular complexity index is 461. The number of primary amides is 1. The highest BCUT2D eigenvalue weighted by Gasteiger charge is 2.25. The fourth-order valence-electron chi connectivity index (χ4n) is 2.23. The molecule has 2 unspecified atom stereocenters. The Labute approximate surface area is 117 Å². The van der Waals surface area contributed by atoms with E-state index in [1.807, 2.05) is 0 Å². The van der Waals surface area contributed by atoms with E-state index >= 15 is 0 Å². The summed E-state index contributed by atoms with van der Waals surface area (Å²) in [6.07, 6.45) is 4.67. The highest BCUT2D eigenvalue weighted by atomic mass is 35.5. The molecule has 19 heavy (non-hydrogen) atoms. The average Bonchev–Trinajstić information content (AvgIpc) is 2.91. The van der Waals surface area contributed by atoms with Crippen LogP contribution in [0.25, 0.3) is 0 Å². The molecule has 0 aromatic carbocycles. The van der Waals surface area contributed by atoms with E-state index in [1.54, 1.807) is 0 Å². The maximum Gasteiger partial charge on any atom is 0.250 e. The van der Waals surface area contributed by atoms with E-state index in [0.717, 1.165) is 25.9 Å². The molecule has 1 saturated heterocycles. The Kier molecular flexibility index (Phi) is 4.61. The van der Waals surface area contributed by atoms with Gasteiger partial charge in [0, 0.05) is 12.8 Å². The van der Waals surface area contributed by atoms with Gasteiger partial charge in [0.05, 0.1) is 22.7 Å². The van der Waals surface area contributed by atoms with Gasteiger partial charge in [-0.05, 0) is 25.3 Å². The highest BCUT2D eigenvalue weighted by Crippen LogP contribution is 2.25. The summed E-state index contributed by atoms with van der Waals surface area (Å²) in [6, 6.07) is 1.70. The molecule has 1 aromatic rings. The molecule has 104 valence electrons. The molecule has 6 heteroatoms. The molecule has 2 heterocycles. The van der Waals surface area contributed by atoms with Crippen LogP contribution in [0.3, 0.4) is 0 Å². The molecule has 1 aliphatic rings. The number of pyridine rings is 1. The first-order chi connectivity index (χ1) is 9.11. The van der Waals surface area contributed by atoms with Gasteiger partial charge in [0.1, 0.15) is 5.82 Å². The summed E-state index contributed by atoms with van der Waals surface area (Å²) in [5.74, 6) is 0.0288. The molecule has 1 amide bonds. The van der Waals surface area contributed by atoms with E-state index in [-0.39, 0.29) is 12.1 Å². The molecular weight excluding hydrogens is 266 g/mol. The van der Waals surface area contributed by atoms with Crippen molar-refractivity contribution in [3.63, 3.8) is 0 Å². The summed E-state index contributed by atoms with van der Waals surface area (Å²) in [6.45, 7) is 2.90. The fraction of sp³-hybridized carbons (Fsp3) is 0.538. The first-order valence-corrected chi connectivity index (χ1v) is 6.83. The third kappa shape index (κ3) is 3.36. The second-order valence-electron chi connectivity index (χ2n) is 4.63. The van der Waals surface area contributed by atoms with E-state index in [0.29, 0.717) is 16.4 Å². The minimum absolute atomic E-state index is 0.173. The van der Waals surface area contributed by atoms with Crippen molar-refractivity contribution in [1.82, 2.24) is 4.98 Å². The third-order valence-electron chi connectivity index (χ3n) is 3.30. The number of nitrogens with one attached hydrogen (secondary N) is 1. The number of anilines is 1. The Morgan fingerprint density at radius 2 is 2.53 bits per heavy atom. The van der Waals surface area contributed by atoms with Crippen LogP contribution in [0.15, 0.2) is 12.3 Å². The number of amides is 1. The molecule has 5 nitrogen and oxygen atoms in total. The van der Waals surface area contributed by atoms with Crippen LogP contribution in [-0.4, -0.2) is 29.6 Å². The maximum atomic E-state index is 11.0. The standard InChI is InChI=1S/C13H18ClN3O2/c1-2-10(11-4-3-5-19-11)17-13-9(14)6-8(7-16-13)12(15)18/h6-7,10-11H,2-5H2,1H3,(H2,15,18)(H,16,17). The number of hydrogen-bond donors (Lipinski definition) is 2. The molecule has 1 fully saturated rings. The van der Waals surface area contributed by atoms with Crippen LogP contribution >= 0.6 is 11.6 Å². The lowest BCUT2D eigenvalue weighted by molar-refractivity contribution is 0.0942. The molecule has 1 aliphatic heterocycles. The second-order valence-corrected chi connectivity index (χ2v) is 5.04. The van der Waals surface area contributed by atoms with Gasteiger partial charge in [0.25, 0.3) is 0 Å². The molecular formula is C13H18ClN3O2. The second kappa shape index (κ2) is 6.21. The van der Waals surface area contributed by atoms with Crippen molar-refractivity contribution in [2.45, 2.75) is 38.3 Å². The van der Waals surface area contributed by atoms with E-state index in [9.17, 15) is 4.79 Å². The Morgan fingerprint density at radius 1 is 1.74 bits per heavy atom. The van der Waals surface area contributed by atoms with E-state index < -0.39 is 5.91 Å². The minimum Gasteiger partial charge on any atom is -0.376 e. The predicted molar refractivity (Wildman–Crippen MR) is 74.4 cm³/mol. The molecule has 2 atom stereocenters. The SMILES string of the molecule is CCC(Nc1ncc(C(N)=O)cc1Cl)C1CCCO1. The van der Waals surface area contributed by atoms with Crippen LogP contribution in [0.1, 0.15) is 36.5 Å². The lowest BCUT2D eigenvalue weighted by Gasteiger charge is -2.23. The number of hydrogen-bond acceptors (Lipinski definition) is 4. The topological polar surface area (TPSA) is 77.2 Å². The molecule has 1 aromatic heterocycles. The van der Waals surface area contributed by atoms with Crippen LogP contribution < -0.4 is 11.1 Å².